The maximum absolute atomic E-state index is 15.2. The van der Waals surface area contributed by atoms with Gasteiger partial charge in [-0.1, -0.05) is 18.2 Å². The number of anilines is 1. The Balaban J connectivity index is 1.16. The molecule has 1 atom stereocenters. The molecule has 2 amide bonds. The Morgan fingerprint density at radius 2 is 1.94 bits per heavy atom. The van der Waals surface area contributed by atoms with Crippen LogP contribution in [0.2, 0.25) is 0 Å². The van der Waals surface area contributed by atoms with Gasteiger partial charge in [0, 0.05) is 66.6 Å². The van der Waals surface area contributed by atoms with Crippen molar-refractivity contribution in [2.45, 2.75) is 55.9 Å². The molecule has 252 valence electrons. The van der Waals surface area contributed by atoms with Crippen molar-refractivity contribution in [3.8, 4) is 17.2 Å². The Morgan fingerprint density at radius 1 is 1.15 bits per heavy atom. The molecule has 11 nitrogen and oxygen atoms in total. The monoisotopic (exact) mass is 692 g/mol. The lowest BCUT2D eigenvalue weighted by molar-refractivity contribution is -0.119. The number of para-hydroxylation sites is 1. The van der Waals surface area contributed by atoms with Crippen LogP contribution in [0.1, 0.15) is 42.8 Å². The number of carbonyl (C=O) groups is 2. The Hall–Kier alpha value is -4.69. The lowest BCUT2D eigenvalue weighted by atomic mass is 10.1. The van der Waals surface area contributed by atoms with Crippen LogP contribution in [0.15, 0.2) is 72.0 Å². The van der Waals surface area contributed by atoms with Gasteiger partial charge in [0.15, 0.2) is 16.7 Å². The first-order valence-electron chi connectivity index (χ1n) is 15.2. The number of hydrogen-bond acceptors (Lipinski definition) is 9. The summed E-state index contributed by atoms with van der Waals surface area (Å²) >= 11 is 6.85. The van der Waals surface area contributed by atoms with E-state index in [1.165, 1.54) is 17.0 Å². The van der Waals surface area contributed by atoms with E-state index in [0.29, 0.717) is 36.7 Å². The van der Waals surface area contributed by atoms with Crippen molar-refractivity contribution in [1.82, 2.24) is 25.0 Å². The van der Waals surface area contributed by atoms with Crippen LogP contribution in [-0.4, -0.2) is 63.1 Å². The summed E-state index contributed by atoms with van der Waals surface area (Å²) < 4.78 is 33.7. The van der Waals surface area contributed by atoms with Crippen LogP contribution in [0.3, 0.4) is 0 Å². The van der Waals surface area contributed by atoms with Gasteiger partial charge in [-0.2, -0.15) is 5.10 Å². The van der Waals surface area contributed by atoms with Gasteiger partial charge in [-0.15, -0.1) is 11.8 Å². The van der Waals surface area contributed by atoms with Gasteiger partial charge in [-0.3, -0.25) is 14.5 Å². The average molecular weight is 693 g/mol. The normalized spacial score (nSPS) is 13.8. The van der Waals surface area contributed by atoms with Crippen LogP contribution in [0.25, 0.3) is 0 Å². The third-order valence-electron chi connectivity index (χ3n) is 7.18. The summed E-state index contributed by atoms with van der Waals surface area (Å²) in [5, 5.41) is 10.0. The second-order valence-corrected chi connectivity index (χ2v) is 13.7. The van der Waals surface area contributed by atoms with Gasteiger partial charge in [-0.05, 0) is 51.2 Å². The van der Waals surface area contributed by atoms with Gasteiger partial charge in [0.1, 0.15) is 17.1 Å². The minimum atomic E-state index is -0.606. The fourth-order valence-electron chi connectivity index (χ4n) is 4.86. The number of thiocarbonyl (C=S) groups is 1. The molecule has 1 aliphatic heterocycles. The molecule has 0 saturated heterocycles. The van der Waals surface area contributed by atoms with Crippen LogP contribution in [0.4, 0.5) is 14.9 Å². The van der Waals surface area contributed by atoms with E-state index in [1.807, 2.05) is 45.3 Å². The fourth-order valence-corrected chi connectivity index (χ4v) is 6.37. The Labute approximate surface area is 288 Å². The third kappa shape index (κ3) is 9.01. The summed E-state index contributed by atoms with van der Waals surface area (Å²) in [4.78, 5) is 31.7. The topological polar surface area (TPSA) is 120 Å². The van der Waals surface area contributed by atoms with Gasteiger partial charge in [-0.25, -0.2) is 9.18 Å². The number of rotatable bonds is 10. The van der Waals surface area contributed by atoms with Crippen molar-refractivity contribution in [2.24, 2.45) is 0 Å². The highest BCUT2D eigenvalue weighted by atomic mass is 32.2. The Bertz CT molecular complexity index is 1810. The second kappa shape index (κ2) is 15.0. The molecule has 14 heteroatoms. The first-order valence-corrected chi connectivity index (χ1v) is 16.5. The first-order chi connectivity index (χ1) is 22.9. The number of ether oxygens (including phenoxy) is 3. The summed E-state index contributed by atoms with van der Waals surface area (Å²) in [6, 6.07) is 13.3. The van der Waals surface area contributed by atoms with E-state index in [-0.39, 0.29) is 34.5 Å². The zero-order chi connectivity index (χ0) is 34.4. The zero-order valence-electron chi connectivity index (χ0n) is 27.3. The number of fused-ring (bicyclic) bond motifs is 1. The van der Waals surface area contributed by atoms with E-state index in [0.717, 1.165) is 21.7 Å². The molecule has 5 rings (SSSR count). The second-order valence-electron chi connectivity index (χ2n) is 12.1. The molecule has 4 aromatic rings. The summed E-state index contributed by atoms with van der Waals surface area (Å²) in [7, 11) is 3.24. The number of amides is 2. The summed E-state index contributed by atoms with van der Waals surface area (Å²) in [5.74, 6) is 0.193. The van der Waals surface area contributed by atoms with Crippen molar-refractivity contribution >= 4 is 46.8 Å². The fraction of sp³-hybridized carbons (Fsp3) is 0.324. The van der Waals surface area contributed by atoms with Crippen molar-refractivity contribution < 1.29 is 28.2 Å². The highest BCUT2D eigenvalue weighted by Crippen LogP contribution is 2.50. The van der Waals surface area contributed by atoms with E-state index in [1.54, 1.807) is 61.1 Å². The van der Waals surface area contributed by atoms with Crippen LogP contribution in [0.5, 0.6) is 17.2 Å². The number of aromatic nitrogens is 3. The Morgan fingerprint density at radius 3 is 2.69 bits per heavy atom. The van der Waals surface area contributed by atoms with E-state index in [4.69, 9.17) is 26.4 Å². The molecule has 0 radical (unpaired) electrons. The number of carbonyl (C=O) groups excluding carboxylic acids is 2. The average Bonchev–Trinajstić information content (AvgIpc) is 3.68. The van der Waals surface area contributed by atoms with Crippen molar-refractivity contribution in [3.05, 3.63) is 89.8 Å². The van der Waals surface area contributed by atoms with Crippen LogP contribution in [0, 0.1) is 5.82 Å². The number of methoxy groups -OCH3 is 1. The van der Waals surface area contributed by atoms with Crippen molar-refractivity contribution in [3.63, 3.8) is 0 Å². The lowest BCUT2D eigenvalue weighted by Gasteiger charge is -2.24. The number of pyridine rings is 1. The first kappa shape index (κ1) is 34.6. The molecule has 1 aliphatic rings. The van der Waals surface area contributed by atoms with E-state index < -0.39 is 11.4 Å². The molecule has 2 aromatic heterocycles. The maximum atomic E-state index is 15.2. The molecule has 0 bridgehead atoms. The van der Waals surface area contributed by atoms with Crippen LogP contribution < -0.4 is 20.1 Å². The molecule has 0 fully saturated rings. The van der Waals surface area contributed by atoms with Crippen molar-refractivity contribution in [1.29, 1.82) is 0 Å². The molecular formula is C34H37FN6O5S2. The summed E-state index contributed by atoms with van der Waals surface area (Å²) in [5.41, 5.74) is 2.38. The summed E-state index contributed by atoms with van der Waals surface area (Å²) in [6.07, 6.45) is 5.76. The smallest absolute Gasteiger partial charge is 0.410 e. The van der Waals surface area contributed by atoms with Crippen molar-refractivity contribution in [2.75, 3.05) is 26.0 Å². The van der Waals surface area contributed by atoms with Gasteiger partial charge < -0.3 is 29.7 Å². The number of hydrogen-bond donors (Lipinski definition) is 2. The number of thioether (sulfide) groups is 1. The highest BCUT2D eigenvalue weighted by Gasteiger charge is 2.29. The molecule has 2 N–H and O–H groups in total. The minimum absolute atomic E-state index is 0.0334. The molecule has 2 aromatic carbocycles. The van der Waals surface area contributed by atoms with Crippen LogP contribution in [-0.2, 0) is 28.9 Å². The number of benzene rings is 2. The molecule has 0 spiro atoms. The predicted molar refractivity (Wildman–Crippen MR) is 185 cm³/mol. The van der Waals surface area contributed by atoms with E-state index in [9.17, 15) is 9.59 Å². The molecule has 0 saturated carbocycles. The number of likely N-dealkylation sites (N-methyl/N-ethyl adjacent to an activating group) is 1. The molecule has 1 unspecified atom stereocenters. The van der Waals surface area contributed by atoms with E-state index >= 15 is 4.39 Å². The summed E-state index contributed by atoms with van der Waals surface area (Å²) in [6.45, 7) is 6.45. The molecule has 3 heterocycles. The number of nitrogens with zero attached hydrogens (tertiary/aromatic N) is 4. The maximum Gasteiger partial charge on any atom is 0.410 e. The lowest BCUT2D eigenvalue weighted by Crippen LogP contribution is -2.36. The Kier molecular flexibility index (Phi) is 10.8. The number of nitrogens with one attached hydrogen (secondary N) is 2. The molecule has 48 heavy (non-hydrogen) atoms. The number of halogens is 1. The standard InChI is InChI=1S/C34H37FN6O5S2/c1-34(2,3)46-33(43)40(4)14-15-41-20-22(19-37-41)29-18-25-31(48-29)28(12-13-36-25)45-27-11-10-23(17-24(27)35)38-32(47)39-30(42)16-21-8-6-7-9-26(21)44-5/h6-13,17,19-20,29H,14-16,18H2,1-5H3,(H2,38,39,42,47). The van der Waals surface area contributed by atoms with Gasteiger partial charge >= 0.3 is 6.09 Å². The van der Waals surface area contributed by atoms with Gasteiger partial charge in [0.05, 0.1) is 36.9 Å². The SMILES string of the molecule is COc1ccccc1CC(=O)NC(=S)Nc1ccc(Oc2ccnc3c2SC(c2cnn(CCN(C)C(=O)OC(C)(C)C)c2)C3)c(F)c1. The highest BCUT2D eigenvalue weighted by molar-refractivity contribution is 8.00. The minimum Gasteiger partial charge on any atom is -0.496 e. The largest absolute Gasteiger partial charge is 0.496 e. The molecular weight excluding hydrogens is 656 g/mol. The predicted octanol–water partition coefficient (Wildman–Crippen LogP) is 6.53. The van der Waals surface area contributed by atoms with Crippen LogP contribution >= 0.6 is 24.0 Å². The third-order valence-corrected chi connectivity index (χ3v) is 8.78. The zero-order valence-corrected chi connectivity index (χ0v) is 28.9. The quantitative estimate of drug-likeness (QED) is 0.178. The molecule has 0 aliphatic carbocycles. The van der Waals surface area contributed by atoms with E-state index in [2.05, 4.69) is 20.7 Å². The van der Waals surface area contributed by atoms with Gasteiger partial charge in [0.2, 0.25) is 5.91 Å². The van der Waals surface area contributed by atoms with Gasteiger partial charge in [0.25, 0.3) is 0 Å².